The Hall–Kier alpha value is -2.12. The summed E-state index contributed by atoms with van der Waals surface area (Å²) >= 11 is 0. The largest absolute Gasteiger partial charge is 0.465 e. The summed E-state index contributed by atoms with van der Waals surface area (Å²) in [5, 5.41) is 11.6. The summed E-state index contributed by atoms with van der Waals surface area (Å²) in [5.41, 5.74) is 0. The number of nitrogens with one attached hydrogen (secondary N) is 1. The molecular weight excluding hydrogens is 338 g/mol. The van der Waals surface area contributed by atoms with Gasteiger partial charge >= 0.3 is 6.09 Å². The predicted molar refractivity (Wildman–Crippen MR) is 94.5 cm³/mol. The summed E-state index contributed by atoms with van der Waals surface area (Å²) in [6.45, 7) is 3.25. The van der Waals surface area contributed by atoms with Gasteiger partial charge in [-0.05, 0) is 25.2 Å². The molecule has 2 rings (SSSR count). The van der Waals surface area contributed by atoms with Crippen LogP contribution in [0.2, 0.25) is 0 Å². The molecule has 1 atom stereocenters. The van der Waals surface area contributed by atoms with Crippen molar-refractivity contribution in [2.24, 2.45) is 11.8 Å². The monoisotopic (exact) mass is 367 g/mol. The normalized spacial score (nSPS) is 19.3. The van der Waals surface area contributed by atoms with Crippen molar-refractivity contribution in [1.82, 2.24) is 15.1 Å². The molecule has 0 radical (unpaired) electrons. The fraction of sp³-hybridized carbons (Fsp3) is 0.778. The molecule has 26 heavy (non-hydrogen) atoms. The van der Waals surface area contributed by atoms with E-state index in [4.69, 9.17) is 5.11 Å². The Morgan fingerprint density at radius 2 is 1.85 bits per heavy atom. The number of carbonyl (C=O) groups is 4. The Kier molecular flexibility index (Phi) is 7.41. The van der Waals surface area contributed by atoms with Crippen molar-refractivity contribution < 1.29 is 24.3 Å². The molecule has 1 saturated carbocycles. The van der Waals surface area contributed by atoms with Gasteiger partial charge in [0.05, 0.1) is 6.04 Å². The van der Waals surface area contributed by atoms with Crippen LogP contribution in [-0.4, -0.2) is 71.3 Å². The first kappa shape index (κ1) is 20.2. The Morgan fingerprint density at radius 1 is 1.19 bits per heavy atom. The molecule has 146 valence electrons. The second-order valence-corrected chi connectivity index (χ2v) is 7.36. The van der Waals surface area contributed by atoms with Crippen molar-refractivity contribution >= 4 is 24.2 Å². The molecule has 2 N–H and O–H groups in total. The van der Waals surface area contributed by atoms with Crippen molar-refractivity contribution in [1.29, 1.82) is 0 Å². The Labute approximate surface area is 153 Å². The number of nitrogens with zero attached hydrogens (tertiary/aromatic N) is 2. The first-order chi connectivity index (χ1) is 12.5. The van der Waals surface area contributed by atoms with E-state index in [1.165, 1.54) is 29.1 Å². The second kappa shape index (κ2) is 9.54. The highest BCUT2D eigenvalue weighted by Crippen LogP contribution is 2.23. The minimum atomic E-state index is -0.982. The van der Waals surface area contributed by atoms with E-state index in [2.05, 4.69) is 5.32 Å². The van der Waals surface area contributed by atoms with Gasteiger partial charge in [0.15, 0.2) is 0 Å². The summed E-state index contributed by atoms with van der Waals surface area (Å²) in [5.74, 6) is -0.789. The highest BCUT2D eigenvalue weighted by molar-refractivity contribution is 6.38. The zero-order chi connectivity index (χ0) is 19.1. The van der Waals surface area contributed by atoms with E-state index in [-0.39, 0.29) is 12.5 Å². The number of carbonyl (C=O) groups excluding carboxylic acids is 3. The van der Waals surface area contributed by atoms with Crippen molar-refractivity contribution in [3.63, 3.8) is 0 Å². The van der Waals surface area contributed by atoms with Crippen LogP contribution in [-0.2, 0) is 14.4 Å². The van der Waals surface area contributed by atoms with Gasteiger partial charge in [0, 0.05) is 32.1 Å². The molecule has 2 fully saturated rings. The molecule has 0 bridgehead atoms. The molecule has 2 aliphatic rings. The minimum Gasteiger partial charge on any atom is -0.465 e. The maximum absolute atomic E-state index is 12.5. The highest BCUT2D eigenvalue weighted by atomic mass is 16.4. The van der Waals surface area contributed by atoms with Crippen LogP contribution in [0.3, 0.4) is 0 Å². The van der Waals surface area contributed by atoms with Crippen LogP contribution in [0.25, 0.3) is 0 Å². The van der Waals surface area contributed by atoms with Gasteiger partial charge in [0.2, 0.25) is 12.2 Å². The first-order valence-corrected chi connectivity index (χ1v) is 9.47. The number of likely N-dealkylation sites (tertiary alicyclic amines) is 1. The standard InChI is InChI=1S/C18H29N3O5/c1-2-15(21(12-22)11-14-9-20(10-14)18(25)26)16(23)17(24)19-8-13-6-4-3-5-7-13/h12-15H,2-11H2,1H3,(H,19,24)(H,25,26). The van der Waals surface area contributed by atoms with Gasteiger partial charge in [-0.3, -0.25) is 14.4 Å². The Morgan fingerprint density at radius 3 is 2.38 bits per heavy atom. The smallest absolute Gasteiger partial charge is 0.407 e. The SMILES string of the molecule is CCC(C(=O)C(=O)NCC1CCCCC1)N(C=O)CC1CN(C(=O)O)C1. The Balaban J connectivity index is 1.83. The zero-order valence-electron chi connectivity index (χ0n) is 15.4. The summed E-state index contributed by atoms with van der Waals surface area (Å²) < 4.78 is 0. The predicted octanol–water partition coefficient (Wildman–Crippen LogP) is 1.10. The van der Waals surface area contributed by atoms with Gasteiger partial charge in [-0.2, -0.15) is 0 Å². The van der Waals surface area contributed by atoms with Gasteiger partial charge in [-0.15, -0.1) is 0 Å². The van der Waals surface area contributed by atoms with E-state index >= 15 is 0 Å². The lowest BCUT2D eigenvalue weighted by molar-refractivity contribution is -0.143. The molecule has 1 unspecified atom stereocenters. The second-order valence-electron chi connectivity index (χ2n) is 7.36. The van der Waals surface area contributed by atoms with E-state index in [1.807, 2.05) is 0 Å². The number of rotatable bonds is 9. The third-order valence-corrected chi connectivity index (χ3v) is 5.42. The van der Waals surface area contributed by atoms with Gasteiger partial charge in [-0.1, -0.05) is 26.2 Å². The fourth-order valence-electron chi connectivity index (χ4n) is 3.82. The van der Waals surface area contributed by atoms with Crippen molar-refractivity contribution in [3.8, 4) is 0 Å². The molecule has 3 amide bonds. The van der Waals surface area contributed by atoms with Crippen molar-refractivity contribution in [3.05, 3.63) is 0 Å². The maximum Gasteiger partial charge on any atom is 0.407 e. The first-order valence-electron chi connectivity index (χ1n) is 9.47. The zero-order valence-corrected chi connectivity index (χ0v) is 15.4. The molecule has 0 aromatic heterocycles. The van der Waals surface area contributed by atoms with E-state index in [1.54, 1.807) is 6.92 Å². The molecule has 8 nitrogen and oxygen atoms in total. The third kappa shape index (κ3) is 5.19. The molecule has 1 aliphatic carbocycles. The van der Waals surface area contributed by atoms with Crippen LogP contribution >= 0.6 is 0 Å². The molecule has 1 saturated heterocycles. The molecule has 1 heterocycles. The van der Waals surface area contributed by atoms with Gasteiger partial charge < -0.3 is 20.2 Å². The van der Waals surface area contributed by atoms with E-state index < -0.39 is 23.8 Å². The number of amides is 3. The summed E-state index contributed by atoms with van der Waals surface area (Å²) in [6, 6.07) is -0.794. The maximum atomic E-state index is 12.5. The highest BCUT2D eigenvalue weighted by Gasteiger charge is 2.35. The van der Waals surface area contributed by atoms with Crippen LogP contribution in [0.15, 0.2) is 0 Å². The van der Waals surface area contributed by atoms with Crippen molar-refractivity contribution in [2.45, 2.75) is 51.5 Å². The van der Waals surface area contributed by atoms with E-state index in [9.17, 15) is 19.2 Å². The van der Waals surface area contributed by atoms with Crippen molar-refractivity contribution in [2.75, 3.05) is 26.2 Å². The van der Waals surface area contributed by atoms with Gasteiger partial charge in [0.25, 0.3) is 5.91 Å². The average molecular weight is 367 g/mol. The summed E-state index contributed by atoms with van der Waals surface area (Å²) in [7, 11) is 0. The van der Waals surface area contributed by atoms with Crippen LogP contribution in [0, 0.1) is 11.8 Å². The fourth-order valence-corrected chi connectivity index (χ4v) is 3.82. The molecule has 0 spiro atoms. The Bertz CT molecular complexity index is 527. The lowest BCUT2D eigenvalue weighted by Crippen LogP contribution is -2.56. The lowest BCUT2D eigenvalue weighted by Gasteiger charge is -2.40. The van der Waals surface area contributed by atoms with Crippen LogP contribution in [0.4, 0.5) is 4.79 Å². The van der Waals surface area contributed by atoms with E-state index in [0.29, 0.717) is 38.4 Å². The van der Waals surface area contributed by atoms with Crippen LogP contribution in [0.5, 0.6) is 0 Å². The third-order valence-electron chi connectivity index (χ3n) is 5.42. The number of carboxylic acid groups (broad SMARTS) is 1. The topological polar surface area (TPSA) is 107 Å². The molecule has 1 aliphatic heterocycles. The van der Waals surface area contributed by atoms with E-state index in [0.717, 1.165) is 12.8 Å². The minimum absolute atomic E-state index is 0.00319. The molecule has 0 aromatic rings. The lowest BCUT2D eigenvalue weighted by atomic mass is 9.89. The number of Topliss-reactive ketones (excluding diaryl/α,β-unsaturated/α-hetero) is 1. The number of hydrogen-bond acceptors (Lipinski definition) is 4. The molecule has 8 heteroatoms. The van der Waals surface area contributed by atoms with Crippen LogP contribution < -0.4 is 5.32 Å². The number of ketones is 1. The quantitative estimate of drug-likeness (QED) is 0.469. The van der Waals surface area contributed by atoms with Crippen LogP contribution in [0.1, 0.15) is 45.4 Å². The summed E-state index contributed by atoms with van der Waals surface area (Å²) in [6.07, 6.45) is 5.68. The van der Waals surface area contributed by atoms with Gasteiger partial charge in [-0.25, -0.2) is 4.79 Å². The number of hydrogen-bond donors (Lipinski definition) is 2. The molecular formula is C18H29N3O5. The molecule has 0 aromatic carbocycles. The average Bonchev–Trinajstić information content (AvgIpc) is 2.61. The van der Waals surface area contributed by atoms with Gasteiger partial charge in [0.1, 0.15) is 0 Å². The summed E-state index contributed by atoms with van der Waals surface area (Å²) in [4.78, 5) is 49.6.